The summed E-state index contributed by atoms with van der Waals surface area (Å²) < 4.78 is 77.3. The Morgan fingerprint density at radius 1 is 1.39 bits per heavy atom. The Labute approximate surface area is 96.6 Å². The molecule has 0 radical (unpaired) electrons. The molecule has 0 aliphatic heterocycles. The number of ether oxygens (including phenoxy) is 1. The van der Waals surface area contributed by atoms with Crippen LogP contribution in [0.15, 0.2) is 6.20 Å². The third kappa shape index (κ3) is 3.26. The van der Waals surface area contributed by atoms with Gasteiger partial charge in [0, 0.05) is 0 Å². The van der Waals surface area contributed by atoms with Crippen molar-refractivity contribution in [2.24, 2.45) is 0 Å². The average molecular weight is 270 g/mol. The lowest BCUT2D eigenvalue weighted by atomic mass is 10.1. The van der Waals surface area contributed by atoms with E-state index in [-0.39, 0.29) is 0 Å². The quantitative estimate of drug-likeness (QED) is 0.793. The SMILES string of the molecule is N#CCc1ncc(OC(F)(F)F)c(C(F)F)c1F. The molecule has 0 unspecified atom stereocenters. The van der Waals surface area contributed by atoms with Crippen LogP contribution < -0.4 is 4.74 Å². The summed E-state index contributed by atoms with van der Waals surface area (Å²) in [7, 11) is 0. The Hall–Kier alpha value is -1.98. The van der Waals surface area contributed by atoms with E-state index in [9.17, 15) is 26.3 Å². The van der Waals surface area contributed by atoms with Crippen molar-refractivity contribution in [1.82, 2.24) is 4.98 Å². The van der Waals surface area contributed by atoms with Crippen molar-refractivity contribution < 1.29 is 31.1 Å². The van der Waals surface area contributed by atoms with E-state index in [1.807, 2.05) is 0 Å². The van der Waals surface area contributed by atoms with Gasteiger partial charge in [0.25, 0.3) is 6.43 Å². The van der Waals surface area contributed by atoms with Gasteiger partial charge in [0.2, 0.25) is 0 Å². The van der Waals surface area contributed by atoms with E-state index in [4.69, 9.17) is 5.26 Å². The lowest BCUT2D eigenvalue weighted by Gasteiger charge is -2.14. The van der Waals surface area contributed by atoms with Gasteiger partial charge in [0.05, 0.1) is 29.9 Å². The molecule has 0 aromatic carbocycles. The van der Waals surface area contributed by atoms with Crippen LogP contribution in [0.5, 0.6) is 5.75 Å². The fourth-order valence-corrected chi connectivity index (χ4v) is 1.13. The van der Waals surface area contributed by atoms with Gasteiger partial charge in [-0.05, 0) is 0 Å². The molecule has 0 bridgehead atoms. The number of nitriles is 1. The van der Waals surface area contributed by atoms with Crippen LogP contribution >= 0.6 is 0 Å². The Morgan fingerprint density at radius 2 is 2.00 bits per heavy atom. The highest BCUT2D eigenvalue weighted by atomic mass is 19.4. The normalized spacial score (nSPS) is 11.4. The smallest absolute Gasteiger partial charge is 0.404 e. The highest BCUT2D eigenvalue weighted by molar-refractivity contribution is 5.36. The maximum Gasteiger partial charge on any atom is 0.573 e. The minimum absolute atomic E-state index is 0.310. The topological polar surface area (TPSA) is 45.9 Å². The zero-order valence-electron chi connectivity index (χ0n) is 8.43. The molecule has 3 nitrogen and oxygen atoms in total. The molecule has 1 heterocycles. The molecule has 0 aliphatic carbocycles. The third-order valence-corrected chi connectivity index (χ3v) is 1.78. The van der Waals surface area contributed by atoms with Gasteiger partial charge in [0.15, 0.2) is 11.6 Å². The first-order valence-corrected chi connectivity index (χ1v) is 4.34. The van der Waals surface area contributed by atoms with Gasteiger partial charge in [0.1, 0.15) is 0 Å². The van der Waals surface area contributed by atoms with Gasteiger partial charge < -0.3 is 4.74 Å². The molecule has 0 spiro atoms. The van der Waals surface area contributed by atoms with Crippen LogP contribution in [-0.4, -0.2) is 11.3 Å². The van der Waals surface area contributed by atoms with Crippen molar-refractivity contribution >= 4 is 0 Å². The summed E-state index contributed by atoms with van der Waals surface area (Å²) in [4.78, 5) is 3.14. The van der Waals surface area contributed by atoms with Crippen LogP contribution in [0.3, 0.4) is 0 Å². The molecule has 0 fully saturated rings. The van der Waals surface area contributed by atoms with E-state index in [1.54, 1.807) is 0 Å². The summed E-state index contributed by atoms with van der Waals surface area (Å²) in [5.41, 5.74) is -2.23. The predicted octanol–water partition coefficient (Wildman–Crippen LogP) is 3.12. The lowest BCUT2D eigenvalue weighted by Crippen LogP contribution is -2.19. The van der Waals surface area contributed by atoms with E-state index in [0.717, 1.165) is 0 Å². The fraction of sp³-hybridized carbons (Fsp3) is 0.333. The van der Waals surface area contributed by atoms with Crippen LogP contribution in [0.4, 0.5) is 26.3 Å². The number of nitrogens with zero attached hydrogens (tertiary/aromatic N) is 2. The van der Waals surface area contributed by atoms with Crippen molar-refractivity contribution in [2.75, 3.05) is 0 Å². The third-order valence-electron chi connectivity index (χ3n) is 1.78. The minimum Gasteiger partial charge on any atom is -0.404 e. The lowest BCUT2D eigenvalue weighted by molar-refractivity contribution is -0.275. The summed E-state index contributed by atoms with van der Waals surface area (Å²) in [6.07, 6.45) is -9.10. The zero-order valence-corrected chi connectivity index (χ0v) is 8.43. The van der Waals surface area contributed by atoms with Crippen LogP contribution in [0, 0.1) is 17.1 Å². The summed E-state index contributed by atoms with van der Waals surface area (Å²) >= 11 is 0. The van der Waals surface area contributed by atoms with E-state index in [0.29, 0.717) is 6.20 Å². The van der Waals surface area contributed by atoms with Gasteiger partial charge in [-0.15, -0.1) is 13.2 Å². The molecule has 0 saturated heterocycles. The number of hydrogen-bond donors (Lipinski definition) is 0. The molecular formula is C9H4F6N2O. The molecule has 1 aromatic rings. The number of rotatable bonds is 3. The highest BCUT2D eigenvalue weighted by Gasteiger charge is 2.35. The monoisotopic (exact) mass is 270 g/mol. The van der Waals surface area contributed by atoms with Crippen LogP contribution in [0.25, 0.3) is 0 Å². The van der Waals surface area contributed by atoms with E-state index >= 15 is 0 Å². The van der Waals surface area contributed by atoms with E-state index in [1.165, 1.54) is 6.07 Å². The molecule has 98 valence electrons. The average Bonchev–Trinajstić information content (AvgIpc) is 2.19. The molecule has 1 aromatic heterocycles. The molecule has 18 heavy (non-hydrogen) atoms. The molecule has 0 atom stereocenters. The molecule has 0 saturated carbocycles. The number of hydrogen-bond acceptors (Lipinski definition) is 3. The second-order valence-corrected chi connectivity index (χ2v) is 2.98. The zero-order chi connectivity index (χ0) is 13.9. The van der Waals surface area contributed by atoms with Gasteiger partial charge >= 0.3 is 6.36 Å². The van der Waals surface area contributed by atoms with Gasteiger partial charge in [-0.3, -0.25) is 4.98 Å². The standard InChI is InChI=1S/C9H4F6N2O/c10-7-4(1-2-16)17-3-5(6(7)8(11)12)18-9(13,14)15/h3,8H,1H2. The number of pyridine rings is 1. The molecule has 0 aliphatic rings. The van der Waals surface area contributed by atoms with Gasteiger partial charge in [-0.1, -0.05) is 0 Å². The van der Waals surface area contributed by atoms with Gasteiger partial charge in [-0.2, -0.15) is 5.26 Å². The minimum atomic E-state index is -5.24. The van der Waals surface area contributed by atoms with Gasteiger partial charge in [-0.25, -0.2) is 13.2 Å². The van der Waals surface area contributed by atoms with Crippen molar-refractivity contribution in [3.8, 4) is 11.8 Å². The maximum atomic E-state index is 13.4. The second kappa shape index (κ2) is 5.12. The molecule has 0 amide bonds. The fourth-order valence-electron chi connectivity index (χ4n) is 1.13. The largest absolute Gasteiger partial charge is 0.573 e. The Kier molecular flexibility index (Phi) is 4.00. The number of aromatic nitrogens is 1. The maximum absolute atomic E-state index is 13.4. The summed E-state index contributed by atoms with van der Waals surface area (Å²) in [5.74, 6) is -3.09. The molecule has 0 N–H and O–H groups in total. The van der Waals surface area contributed by atoms with Crippen molar-refractivity contribution in [3.05, 3.63) is 23.3 Å². The van der Waals surface area contributed by atoms with Crippen molar-refractivity contribution in [3.63, 3.8) is 0 Å². The van der Waals surface area contributed by atoms with Crippen LogP contribution in [-0.2, 0) is 6.42 Å². The van der Waals surface area contributed by atoms with Crippen LogP contribution in [0.2, 0.25) is 0 Å². The summed E-state index contributed by atoms with van der Waals surface area (Å²) in [5, 5.41) is 8.27. The predicted molar refractivity (Wildman–Crippen MR) is 45.2 cm³/mol. The summed E-state index contributed by atoms with van der Waals surface area (Å²) in [6, 6.07) is 1.45. The first kappa shape index (κ1) is 14.1. The Balaban J connectivity index is 3.29. The van der Waals surface area contributed by atoms with Crippen LogP contribution in [0.1, 0.15) is 17.7 Å². The Bertz CT molecular complexity index is 479. The first-order chi connectivity index (χ1) is 8.26. The second-order valence-electron chi connectivity index (χ2n) is 2.98. The molecular weight excluding hydrogens is 266 g/mol. The molecule has 1 rings (SSSR count). The van der Waals surface area contributed by atoms with Crippen molar-refractivity contribution in [1.29, 1.82) is 5.26 Å². The first-order valence-electron chi connectivity index (χ1n) is 4.34. The Morgan fingerprint density at radius 3 is 2.44 bits per heavy atom. The molecule has 9 heteroatoms. The van der Waals surface area contributed by atoms with E-state index in [2.05, 4.69) is 9.72 Å². The number of halogens is 6. The summed E-state index contributed by atoms with van der Waals surface area (Å²) in [6.45, 7) is 0. The highest BCUT2D eigenvalue weighted by Crippen LogP contribution is 2.35. The number of alkyl halides is 5. The van der Waals surface area contributed by atoms with E-state index < -0.39 is 42.0 Å². The van der Waals surface area contributed by atoms with Crippen molar-refractivity contribution in [2.45, 2.75) is 19.2 Å².